The van der Waals surface area contributed by atoms with Crippen LogP contribution in [0.5, 0.6) is 5.75 Å². The molecule has 20 heavy (non-hydrogen) atoms. The lowest BCUT2D eigenvalue weighted by Gasteiger charge is -2.23. The fourth-order valence-corrected chi connectivity index (χ4v) is 3.00. The Morgan fingerprint density at radius 3 is 2.85 bits per heavy atom. The van der Waals surface area contributed by atoms with E-state index in [-0.39, 0.29) is 5.78 Å². The van der Waals surface area contributed by atoms with Crippen LogP contribution in [-0.2, 0) is 6.61 Å². The minimum Gasteiger partial charge on any atom is -0.488 e. The van der Waals surface area contributed by atoms with Crippen LogP contribution in [0.4, 0.5) is 0 Å². The van der Waals surface area contributed by atoms with Gasteiger partial charge in [0.25, 0.3) is 0 Å². The minimum absolute atomic E-state index is 0.149. The maximum Gasteiger partial charge on any atom is 0.167 e. The minimum atomic E-state index is 0.149. The normalized spacial score (nSPS) is 15.2. The Labute approximate surface area is 121 Å². The summed E-state index contributed by atoms with van der Waals surface area (Å²) in [4.78, 5) is 11.9. The molecule has 2 aromatic rings. The summed E-state index contributed by atoms with van der Waals surface area (Å²) in [5.41, 5.74) is 4.96. The maximum absolute atomic E-state index is 11.9. The van der Waals surface area contributed by atoms with Crippen molar-refractivity contribution in [1.82, 2.24) is 0 Å². The van der Waals surface area contributed by atoms with Gasteiger partial charge in [-0.05, 0) is 41.0 Å². The van der Waals surface area contributed by atoms with Gasteiger partial charge in [-0.15, -0.1) is 0 Å². The lowest BCUT2D eigenvalue weighted by molar-refractivity contribution is 0.0994. The summed E-state index contributed by atoms with van der Waals surface area (Å²) in [7, 11) is 0. The van der Waals surface area contributed by atoms with Crippen LogP contribution in [-0.4, -0.2) is 5.78 Å². The molecule has 1 heterocycles. The molecule has 0 amide bonds. The summed E-state index contributed by atoms with van der Waals surface area (Å²) in [6.45, 7) is 0.492. The molecular formula is C17H11ClO2. The first-order valence-electron chi connectivity index (χ1n) is 6.52. The number of fused-ring (bicyclic) bond motifs is 4. The Hall–Kier alpha value is -2.06. The Balaban J connectivity index is 1.96. The quantitative estimate of drug-likeness (QED) is 0.711. The molecule has 2 aliphatic rings. The van der Waals surface area contributed by atoms with E-state index >= 15 is 0 Å². The van der Waals surface area contributed by atoms with Gasteiger partial charge in [-0.25, -0.2) is 0 Å². The summed E-state index contributed by atoms with van der Waals surface area (Å²) in [5.74, 6) is 0.929. The third kappa shape index (κ3) is 1.69. The zero-order valence-corrected chi connectivity index (χ0v) is 11.4. The Morgan fingerprint density at radius 1 is 1.05 bits per heavy atom. The molecule has 0 N–H and O–H groups in total. The van der Waals surface area contributed by atoms with Crippen LogP contribution in [0.1, 0.15) is 27.9 Å². The number of allylic oxidation sites excluding steroid dienone is 1. The van der Waals surface area contributed by atoms with Gasteiger partial charge in [-0.2, -0.15) is 0 Å². The molecule has 0 fully saturated rings. The predicted octanol–water partition coefficient (Wildman–Crippen LogP) is 4.50. The molecule has 0 saturated heterocycles. The first-order chi connectivity index (χ1) is 9.72. The molecule has 0 saturated carbocycles. The summed E-state index contributed by atoms with van der Waals surface area (Å²) >= 11 is 6.03. The molecule has 2 nitrogen and oxygen atoms in total. The number of benzene rings is 2. The number of ether oxygens (including phenoxy) is 1. The fourth-order valence-electron chi connectivity index (χ4n) is 2.81. The smallest absolute Gasteiger partial charge is 0.167 e. The number of Topliss-reactive ketones (excluding diaryl/α,β-unsaturated/α-hetero) is 1. The van der Waals surface area contributed by atoms with Crippen molar-refractivity contribution in [2.75, 3.05) is 0 Å². The van der Waals surface area contributed by atoms with E-state index in [4.69, 9.17) is 16.3 Å². The summed E-state index contributed by atoms with van der Waals surface area (Å²) in [6, 6.07) is 9.73. The van der Waals surface area contributed by atoms with Gasteiger partial charge in [0.15, 0.2) is 5.78 Å². The van der Waals surface area contributed by atoms with E-state index < -0.39 is 0 Å². The van der Waals surface area contributed by atoms with Crippen molar-refractivity contribution in [3.8, 4) is 16.9 Å². The van der Waals surface area contributed by atoms with Crippen molar-refractivity contribution in [2.45, 2.75) is 13.0 Å². The average molecular weight is 283 g/mol. The molecule has 0 radical (unpaired) electrons. The van der Waals surface area contributed by atoms with Crippen LogP contribution in [0.15, 0.2) is 36.4 Å². The molecule has 0 bridgehead atoms. The second kappa shape index (κ2) is 4.22. The van der Waals surface area contributed by atoms with Gasteiger partial charge in [-0.1, -0.05) is 29.8 Å². The van der Waals surface area contributed by atoms with Crippen molar-refractivity contribution in [3.05, 3.63) is 58.1 Å². The van der Waals surface area contributed by atoms with Gasteiger partial charge in [0.1, 0.15) is 12.4 Å². The highest BCUT2D eigenvalue weighted by atomic mass is 35.5. The summed E-state index contributed by atoms with van der Waals surface area (Å²) < 4.78 is 5.78. The number of ketones is 1. The third-order valence-corrected chi connectivity index (χ3v) is 4.03. The van der Waals surface area contributed by atoms with Crippen molar-refractivity contribution in [3.63, 3.8) is 0 Å². The van der Waals surface area contributed by atoms with Gasteiger partial charge in [0, 0.05) is 22.6 Å². The van der Waals surface area contributed by atoms with Crippen molar-refractivity contribution in [1.29, 1.82) is 0 Å². The van der Waals surface area contributed by atoms with Crippen LogP contribution in [0.25, 0.3) is 17.2 Å². The molecule has 1 aliphatic heterocycles. The number of halogens is 1. The molecule has 2 aromatic carbocycles. The largest absolute Gasteiger partial charge is 0.488 e. The predicted molar refractivity (Wildman–Crippen MR) is 79.2 cm³/mol. The zero-order valence-electron chi connectivity index (χ0n) is 10.7. The number of hydrogen-bond acceptors (Lipinski definition) is 2. The molecule has 1 aliphatic carbocycles. The molecule has 3 heteroatoms. The highest BCUT2D eigenvalue weighted by molar-refractivity contribution is 6.30. The Bertz CT molecular complexity index is 775. The molecule has 98 valence electrons. The fraction of sp³-hybridized carbons (Fsp3) is 0.118. The Kier molecular flexibility index (Phi) is 2.48. The SMILES string of the molecule is O=C1CC=Cc2cc3c(cc21)OCc1cc(Cl)ccc1-3. The summed E-state index contributed by atoms with van der Waals surface area (Å²) in [6.07, 6.45) is 4.38. The maximum atomic E-state index is 11.9. The van der Waals surface area contributed by atoms with Gasteiger partial charge in [0.2, 0.25) is 0 Å². The highest BCUT2D eigenvalue weighted by Gasteiger charge is 2.22. The van der Waals surface area contributed by atoms with E-state index in [2.05, 4.69) is 0 Å². The van der Waals surface area contributed by atoms with Gasteiger partial charge in [-0.3, -0.25) is 4.79 Å². The average Bonchev–Trinajstić information content (AvgIpc) is 2.45. The second-order valence-corrected chi connectivity index (χ2v) is 5.49. The number of rotatable bonds is 0. The van der Waals surface area contributed by atoms with Crippen molar-refractivity contribution >= 4 is 23.5 Å². The highest BCUT2D eigenvalue weighted by Crippen LogP contribution is 2.41. The molecule has 0 atom stereocenters. The van der Waals surface area contributed by atoms with Crippen LogP contribution < -0.4 is 4.74 Å². The lowest BCUT2D eigenvalue weighted by atomic mass is 9.89. The number of hydrogen-bond donors (Lipinski definition) is 0. The monoisotopic (exact) mass is 282 g/mol. The van der Waals surface area contributed by atoms with E-state index in [0.29, 0.717) is 18.1 Å². The number of carbonyl (C=O) groups is 1. The van der Waals surface area contributed by atoms with Crippen LogP contribution >= 0.6 is 11.6 Å². The zero-order chi connectivity index (χ0) is 13.7. The first kappa shape index (κ1) is 11.7. The topological polar surface area (TPSA) is 26.3 Å². The number of carbonyl (C=O) groups excluding carboxylic acids is 1. The summed E-state index contributed by atoms with van der Waals surface area (Å²) in [5, 5.41) is 0.712. The molecular weight excluding hydrogens is 272 g/mol. The van der Waals surface area contributed by atoms with E-state index in [9.17, 15) is 4.79 Å². The van der Waals surface area contributed by atoms with Gasteiger partial charge in [0.05, 0.1) is 0 Å². The van der Waals surface area contributed by atoms with Gasteiger partial charge >= 0.3 is 0 Å². The van der Waals surface area contributed by atoms with E-state index in [1.165, 1.54) is 0 Å². The van der Waals surface area contributed by atoms with Crippen molar-refractivity contribution in [2.24, 2.45) is 0 Å². The van der Waals surface area contributed by atoms with Gasteiger partial charge < -0.3 is 4.74 Å². The molecule has 0 aromatic heterocycles. The van der Waals surface area contributed by atoms with Crippen LogP contribution in [0.2, 0.25) is 5.02 Å². The Morgan fingerprint density at radius 2 is 1.95 bits per heavy atom. The first-order valence-corrected chi connectivity index (χ1v) is 6.89. The standard InChI is InChI=1S/C17H11ClO2/c18-12-4-5-13-11(6-12)9-20-17-8-14-10(7-15(13)17)2-1-3-16(14)19/h1-2,4-8H,3,9H2. The van der Waals surface area contributed by atoms with E-state index in [1.807, 2.05) is 42.5 Å². The molecule has 0 unspecified atom stereocenters. The van der Waals surface area contributed by atoms with Crippen molar-refractivity contribution < 1.29 is 9.53 Å². The molecule has 0 spiro atoms. The van der Waals surface area contributed by atoms with Crippen LogP contribution in [0, 0.1) is 0 Å². The van der Waals surface area contributed by atoms with E-state index in [1.54, 1.807) is 0 Å². The van der Waals surface area contributed by atoms with E-state index in [0.717, 1.165) is 33.6 Å². The third-order valence-electron chi connectivity index (χ3n) is 3.79. The lowest BCUT2D eigenvalue weighted by Crippen LogP contribution is -2.10. The second-order valence-electron chi connectivity index (χ2n) is 5.06. The molecule has 4 rings (SSSR count). The van der Waals surface area contributed by atoms with Crippen LogP contribution in [0.3, 0.4) is 0 Å².